The van der Waals surface area contributed by atoms with Crippen LogP contribution in [0.25, 0.3) is 0 Å². The lowest BCUT2D eigenvalue weighted by Gasteiger charge is -2.24. The van der Waals surface area contributed by atoms with E-state index in [2.05, 4.69) is 10.0 Å². The first-order valence-corrected chi connectivity index (χ1v) is 9.75. The smallest absolute Gasteiger partial charge is 0.222 e. The van der Waals surface area contributed by atoms with Crippen molar-refractivity contribution in [3.05, 3.63) is 35.6 Å². The number of halogens is 1. The van der Waals surface area contributed by atoms with E-state index in [0.717, 1.165) is 31.9 Å². The van der Waals surface area contributed by atoms with E-state index in [1.807, 2.05) is 0 Å². The van der Waals surface area contributed by atoms with Crippen molar-refractivity contribution in [3.8, 4) is 0 Å². The summed E-state index contributed by atoms with van der Waals surface area (Å²) in [5.74, 6) is -0.596. The molecule has 0 aliphatic heterocycles. The first-order valence-electron chi connectivity index (χ1n) is 7.85. The van der Waals surface area contributed by atoms with Gasteiger partial charge in [0, 0.05) is 12.5 Å². The zero-order valence-corrected chi connectivity index (χ0v) is 14.0. The van der Waals surface area contributed by atoms with Gasteiger partial charge in [0.25, 0.3) is 0 Å². The fraction of sp³-hybridized carbons (Fsp3) is 0.562. The molecule has 1 aromatic carbocycles. The van der Waals surface area contributed by atoms with Crippen molar-refractivity contribution in [1.29, 1.82) is 0 Å². The summed E-state index contributed by atoms with van der Waals surface area (Å²) in [5, 5.41) is 2.97. The molecule has 0 heterocycles. The molecule has 0 bridgehead atoms. The van der Waals surface area contributed by atoms with Gasteiger partial charge in [-0.1, -0.05) is 31.4 Å². The molecule has 0 spiro atoms. The van der Waals surface area contributed by atoms with E-state index >= 15 is 0 Å². The topological polar surface area (TPSA) is 75.3 Å². The fourth-order valence-electron chi connectivity index (χ4n) is 2.90. The molecule has 1 aromatic rings. The van der Waals surface area contributed by atoms with E-state index in [1.165, 1.54) is 30.7 Å². The summed E-state index contributed by atoms with van der Waals surface area (Å²) in [7, 11) is -3.48. The maximum Gasteiger partial charge on any atom is 0.222 e. The van der Waals surface area contributed by atoms with Crippen LogP contribution in [0, 0.1) is 5.82 Å². The molecule has 0 unspecified atom stereocenters. The number of carbonyl (C=O) groups is 1. The first kappa shape index (κ1) is 17.9. The lowest BCUT2D eigenvalue weighted by atomic mass is 9.95. The lowest BCUT2D eigenvalue weighted by molar-refractivity contribution is -0.122. The third kappa shape index (κ3) is 6.27. The van der Waals surface area contributed by atoms with E-state index < -0.39 is 21.9 Å². The van der Waals surface area contributed by atoms with E-state index in [0.29, 0.717) is 5.56 Å². The van der Waals surface area contributed by atoms with Crippen molar-refractivity contribution >= 4 is 15.9 Å². The van der Waals surface area contributed by atoms with Gasteiger partial charge in [-0.2, -0.15) is 0 Å². The molecule has 2 rings (SSSR count). The Morgan fingerprint density at radius 1 is 1.22 bits per heavy atom. The van der Waals surface area contributed by atoms with Crippen molar-refractivity contribution in [2.45, 2.75) is 50.6 Å². The Hall–Kier alpha value is -1.47. The highest BCUT2D eigenvalue weighted by molar-refractivity contribution is 7.88. The quantitative estimate of drug-likeness (QED) is 0.833. The van der Waals surface area contributed by atoms with E-state index in [1.54, 1.807) is 0 Å². The van der Waals surface area contributed by atoms with Gasteiger partial charge in [-0.05, 0) is 30.5 Å². The maximum atomic E-state index is 13.0. The summed E-state index contributed by atoms with van der Waals surface area (Å²) >= 11 is 0. The Morgan fingerprint density at radius 3 is 2.39 bits per heavy atom. The van der Waals surface area contributed by atoms with Crippen LogP contribution in [0.2, 0.25) is 0 Å². The predicted octanol–water partition coefficient (Wildman–Crippen LogP) is 2.25. The van der Waals surface area contributed by atoms with Gasteiger partial charge in [0.15, 0.2) is 0 Å². The van der Waals surface area contributed by atoms with Crippen LogP contribution in [0.1, 0.15) is 50.1 Å². The minimum atomic E-state index is -3.48. The third-order valence-corrected chi connectivity index (χ3v) is 4.70. The summed E-state index contributed by atoms with van der Waals surface area (Å²) in [6.07, 6.45) is 6.37. The van der Waals surface area contributed by atoms with Crippen LogP contribution >= 0.6 is 0 Å². The van der Waals surface area contributed by atoms with E-state index in [4.69, 9.17) is 0 Å². The number of benzene rings is 1. The van der Waals surface area contributed by atoms with Crippen LogP contribution in [0.3, 0.4) is 0 Å². The van der Waals surface area contributed by atoms with Gasteiger partial charge < -0.3 is 5.32 Å². The number of rotatable bonds is 6. The summed E-state index contributed by atoms with van der Waals surface area (Å²) in [6.45, 7) is 0. The van der Waals surface area contributed by atoms with Crippen molar-refractivity contribution in [1.82, 2.24) is 10.0 Å². The lowest BCUT2D eigenvalue weighted by Crippen LogP contribution is -2.39. The molecule has 0 aromatic heterocycles. The molecule has 1 aliphatic carbocycles. The number of sulfonamides is 1. The minimum absolute atomic E-state index is 0.00476. The summed E-state index contributed by atoms with van der Waals surface area (Å²) in [4.78, 5) is 12.2. The molecule has 1 saturated carbocycles. The summed E-state index contributed by atoms with van der Waals surface area (Å²) in [6, 6.07) is 4.96. The molecule has 1 amide bonds. The number of carbonyl (C=O) groups excluding carboxylic acids is 1. The van der Waals surface area contributed by atoms with Crippen molar-refractivity contribution < 1.29 is 17.6 Å². The molecule has 1 fully saturated rings. The standard InChI is InChI=1S/C16H23FN2O3S/c1-23(21,22)19-15(12-7-9-13(17)10-8-12)11-16(20)18-14-5-3-2-4-6-14/h7-10,14-15,19H,2-6,11H2,1H3,(H,18,20)/t15-/m0/s1. The van der Waals surface area contributed by atoms with Crippen LogP contribution in [-0.4, -0.2) is 26.6 Å². The molecule has 128 valence electrons. The minimum Gasteiger partial charge on any atom is -0.353 e. The molecule has 5 nitrogen and oxygen atoms in total. The number of hydrogen-bond acceptors (Lipinski definition) is 3. The Bertz CT molecular complexity index is 625. The largest absolute Gasteiger partial charge is 0.353 e. The zero-order chi connectivity index (χ0) is 16.9. The summed E-state index contributed by atoms with van der Waals surface area (Å²) < 4.78 is 38.6. The van der Waals surface area contributed by atoms with Gasteiger partial charge in [0.1, 0.15) is 5.82 Å². The molecular weight excluding hydrogens is 319 g/mol. The molecular formula is C16H23FN2O3S. The van der Waals surface area contributed by atoms with Crippen LogP contribution in [0.5, 0.6) is 0 Å². The maximum absolute atomic E-state index is 13.0. The molecule has 1 atom stereocenters. The fourth-order valence-corrected chi connectivity index (χ4v) is 3.64. The Morgan fingerprint density at radius 2 is 1.83 bits per heavy atom. The normalized spacial score (nSPS) is 17.7. The molecule has 7 heteroatoms. The van der Waals surface area contributed by atoms with Gasteiger partial charge in [-0.25, -0.2) is 17.5 Å². The monoisotopic (exact) mass is 342 g/mol. The Balaban J connectivity index is 2.04. The summed E-state index contributed by atoms with van der Waals surface area (Å²) in [5.41, 5.74) is 0.565. The third-order valence-electron chi connectivity index (χ3n) is 3.99. The van der Waals surface area contributed by atoms with Crippen molar-refractivity contribution in [3.63, 3.8) is 0 Å². The van der Waals surface area contributed by atoms with Crippen LogP contribution < -0.4 is 10.0 Å². The number of amides is 1. The van der Waals surface area contributed by atoms with Gasteiger partial charge >= 0.3 is 0 Å². The Labute approximate surface area is 136 Å². The van der Waals surface area contributed by atoms with Crippen molar-refractivity contribution in [2.75, 3.05) is 6.26 Å². The zero-order valence-electron chi connectivity index (χ0n) is 13.2. The van der Waals surface area contributed by atoms with Crippen molar-refractivity contribution in [2.24, 2.45) is 0 Å². The van der Waals surface area contributed by atoms with E-state index in [9.17, 15) is 17.6 Å². The average Bonchev–Trinajstić information content (AvgIpc) is 2.47. The highest BCUT2D eigenvalue weighted by Crippen LogP contribution is 2.20. The molecule has 2 N–H and O–H groups in total. The highest BCUT2D eigenvalue weighted by Gasteiger charge is 2.22. The number of nitrogens with one attached hydrogen (secondary N) is 2. The van der Waals surface area contributed by atoms with Crippen LogP contribution in [0.15, 0.2) is 24.3 Å². The molecule has 1 aliphatic rings. The van der Waals surface area contributed by atoms with Crippen LogP contribution in [-0.2, 0) is 14.8 Å². The van der Waals surface area contributed by atoms with Gasteiger partial charge in [-0.3, -0.25) is 4.79 Å². The van der Waals surface area contributed by atoms with Gasteiger partial charge in [0.2, 0.25) is 15.9 Å². The second-order valence-corrected chi connectivity index (χ2v) is 7.88. The second kappa shape index (κ2) is 7.88. The molecule has 0 radical (unpaired) electrons. The van der Waals surface area contributed by atoms with Crippen LogP contribution in [0.4, 0.5) is 4.39 Å². The van der Waals surface area contributed by atoms with Gasteiger partial charge in [0.05, 0.1) is 12.3 Å². The second-order valence-electron chi connectivity index (χ2n) is 6.10. The average molecular weight is 342 g/mol. The van der Waals surface area contributed by atoms with Gasteiger partial charge in [-0.15, -0.1) is 0 Å². The van der Waals surface area contributed by atoms with E-state index in [-0.39, 0.29) is 18.4 Å². The molecule has 0 saturated heterocycles. The number of hydrogen-bond donors (Lipinski definition) is 2. The molecule has 23 heavy (non-hydrogen) atoms. The first-order chi connectivity index (χ1) is 10.8. The predicted molar refractivity (Wildman–Crippen MR) is 86.8 cm³/mol. The Kier molecular flexibility index (Phi) is 6.12. The highest BCUT2D eigenvalue weighted by atomic mass is 32.2. The SMILES string of the molecule is CS(=O)(=O)N[C@@H](CC(=O)NC1CCCCC1)c1ccc(F)cc1.